The van der Waals surface area contributed by atoms with E-state index in [-0.39, 0.29) is 22.7 Å². The highest BCUT2D eigenvalue weighted by molar-refractivity contribution is 7.89. The van der Waals surface area contributed by atoms with Gasteiger partial charge in [-0.1, -0.05) is 30.3 Å². The SMILES string of the molecule is CCOc1ccc(C(=O)Nc2ccccc2F)cc1CN(C)S(=O)(=O)c1ccccc1. The molecule has 0 atom stereocenters. The number of hydrogen-bond donors (Lipinski definition) is 1. The lowest BCUT2D eigenvalue weighted by atomic mass is 10.1. The van der Waals surface area contributed by atoms with Crippen LogP contribution < -0.4 is 10.1 Å². The van der Waals surface area contributed by atoms with Gasteiger partial charge in [0.15, 0.2) is 0 Å². The number of anilines is 1. The van der Waals surface area contributed by atoms with E-state index >= 15 is 0 Å². The maximum absolute atomic E-state index is 13.9. The molecule has 6 nitrogen and oxygen atoms in total. The highest BCUT2D eigenvalue weighted by Crippen LogP contribution is 2.25. The lowest BCUT2D eigenvalue weighted by molar-refractivity contribution is 0.102. The normalized spacial score (nSPS) is 11.4. The van der Waals surface area contributed by atoms with E-state index in [2.05, 4.69) is 5.32 Å². The molecule has 0 saturated heterocycles. The summed E-state index contributed by atoms with van der Waals surface area (Å²) in [5, 5.41) is 2.53. The Morgan fingerprint density at radius 3 is 2.39 bits per heavy atom. The number of benzene rings is 3. The molecule has 3 aromatic carbocycles. The van der Waals surface area contributed by atoms with Crippen molar-refractivity contribution in [2.45, 2.75) is 18.4 Å². The van der Waals surface area contributed by atoms with Gasteiger partial charge in [-0.3, -0.25) is 4.79 Å². The summed E-state index contributed by atoms with van der Waals surface area (Å²) in [7, 11) is -2.27. The van der Waals surface area contributed by atoms with Gasteiger partial charge >= 0.3 is 0 Å². The Labute approximate surface area is 181 Å². The summed E-state index contributed by atoms with van der Waals surface area (Å²) < 4.78 is 46.4. The third kappa shape index (κ3) is 5.28. The maximum Gasteiger partial charge on any atom is 0.255 e. The van der Waals surface area contributed by atoms with Crippen molar-refractivity contribution >= 4 is 21.6 Å². The lowest BCUT2D eigenvalue weighted by Crippen LogP contribution is -2.27. The van der Waals surface area contributed by atoms with Crippen LogP contribution in [0.4, 0.5) is 10.1 Å². The Morgan fingerprint density at radius 2 is 1.71 bits per heavy atom. The molecular formula is C23H23FN2O4S. The van der Waals surface area contributed by atoms with E-state index in [1.165, 1.54) is 41.7 Å². The molecule has 1 N–H and O–H groups in total. The van der Waals surface area contributed by atoms with Crippen molar-refractivity contribution < 1.29 is 22.3 Å². The van der Waals surface area contributed by atoms with Gasteiger partial charge in [0.2, 0.25) is 10.0 Å². The van der Waals surface area contributed by atoms with E-state index in [4.69, 9.17) is 4.74 Å². The largest absolute Gasteiger partial charge is 0.494 e. The van der Waals surface area contributed by atoms with E-state index < -0.39 is 21.7 Å². The highest BCUT2D eigenvalue weighted by atomic mass is 32.2. The zero-order chi connectivity index (χ0) is 22.4. The zero-order valence-corrected chi connectivity index (χ0v) is 18.0. The molecule has 31 heavy (non-hydrogen) atoms. The molecule has 0 spiro atoms. The van der Waals surface area contributed by atoms with Crippen LogP contribution in [0.1, 0.15) is 22.8 Å². The molecule has 0 bridgehead atoms. The number of rotatable bonds is 8. The van der Waals surface area contributed by atoms with Crippen LogP contribution in [0.5, 0.6) is 5.75 Å². The minimum atomic E-state index is -3.73. The number of nitrogens with zero attached hydrogens (tertiary/aromatic N) is 1. The Hall–Kier alpha value is -3.23. The first-order chi connectivity index (χ1) is 14.8. The predicted molar refractivity (Wildman–Crippen MR) is 117 cm³/mol. The first-order valence-electron chi connectivity index (χ1n) is 9.66. The van der Waals surface area contributed by atoms with Gasteiger partial charge in [0.05, 0.1) is 17.2 Å². The fourth-order valence-corrected chi connectivity index (χ4v) is 4.16. The summed E-state index contributed by atoms with van der Waals surface area (Å²) in [5.41, 5.74) is 0.837. The number of para-hydroxylation sites is 1. The van der Waals surface area contributed by atoms with Crippen molar-refractivity contribution in [1.82, 2.24) is 4.31 Å². The second-order valence-electron chi connectivity index (χ2n) is 6.76. The predicted octanol–water partition coefficient (Wildman–Crippen LogP) is 4.30. The van der Waals surface area contributed by atoms with Crippen molar-refractivity contribution in [2.24, 2.45) is 0 Å². The average molecular weight is 443 g/mol. The van der Waals surface area contributed by atoms with E-state index in [9.17, 15) is 17.6 Å². The molecule has 0 aliphatic heterocycles. The second-order valence-corrected chi connectivity index (χ2v) is 8.81. The number of halogens is 1. The van der Waals surface area contributed by atoms with Crippen molar-refractivity contribution in [3.05, 3.63) is 89.7 Å². The number of nitrogens with one attached hydrogen (secondary N) is 1. The van der Waals surface area contributed by atoms with Crippen LogP contribution in [0.15, 0.2) is 77.7 Å². The number of carbonyl (C=O) groups excluding carboxylic acids is 1. The fourth-order valence-electron chi connectivity index (χ4n) is 2.99. The summed E-state index contributed by atoms with van der Waals surface area (Å²) in [6, 6.07) is 18.7. The summed E-state index contributed by atoms with van der Waals surface area (Å²) in [5.74, 6) is -0.585. The highest BCUT2D eigenvalue weighted by Gasteiger charge is 2.22. The average Bonchev–Trinajstić information content (AvgIpc) is 2.77. The molecule has 3 rings (SSSR count). The fraction of sp³-hybridized carbons (Fsp3) is 0.174. The standard InChI is InChI=1S/C23H23FN2O4S/c1-3-30-22-14-13-17(23(27)25-21-12-8-7-11-20(21)24)15-18(22)16-26(2)31(28,29)19-9-5-4-6-10-19/h4-15H,3,16H2,1-2H3,(H,25,27). The van der Waals surface area contributed by atoms with E-state index in [1.807, 2.05) is 6.92 Å². The quantitative estimate of drug-likeness (QED) is 0.565. The van der Waals surface area contributed by atoms with Gasteiger partial charge in [-0.15, -0.1) is 0 Å². The molecule has 0 aliphatic rings. The molecule has 0 fully saturated rings. The number of sulfonamides is 1. The van der Waals surface area contributed by atoms with Gasteiger partial charge in [-0.25, -0.2) is 12.8 Å². The smallest absolute Gasteiger partial charge is 0.255 e. The Bertz CT molecular complexity index is 1170. The van der Waals surface area contributed by atoms with Gasteiger partial charge in [-0.2, -0.15) is 4.31 Å². The molecule has 0 heterocycles. The second kappa shape index (κ2) is 9.72. The minimum Gasteiger partial charge on any atom is -0.494 e. The van der Waals surface area contributed by atoms with Crippen LogP contribution in [-0.4, -0.2) is 32.3 Å². The minimum absolute atomic E-state index is 0.00657. The Balaban J connectivity index is 1.88. The number of carbonyl (C=O) groups is 1. The monoisotopic (exact) mass is 442 g/mol. The van der Waals surface area contributed by atoms with Crippen molar-refractivity contribution in [2.75, 3.05) is 19.0 Å². The van der Waals surface area contributed by atoms with Crippen molar-refractivity contribution in [1.29, 1.82) is 0 Å². The Kier molecular flexibility index (Phi) is 7.04. The molecular weight excluding hydrogens is 419 g/mol. The van der Waals surface area contributed by atoms with E-state index in [0.29, 0.717) is 17.9 Å². The van der Waals surface area contributed by atoms with E-state index in [0.717, 1.165) is 0 Å². The molecule has 0 unspecified atom stereocenters. The van der Waals surface area contributed by atoms with Crippen LogP contribution >= 0.6 is 0 Å². The molecule has 0 saturated carbocycles. The molecule has 1 amide bonds. The van der Waals surface area contributed by atoms with Crippen molar-refractivity contribution in [3.63, 3.8) is 0 Å². The first kappa shape index (κ1) is 22.5. The Morgan fingerprint density at radius 1 is 1.03 bits per heavy atom. The van der Waals surface area contributed by atoms with Gasteiger partial charge in [0.25, 0.3) is 5.91 Å². The molecule has 162 valence electrons. The maximum atomic E-state index is 13.9. The molecule has 3 aromatic rings. The lowest BCUT2D eigenvalue weighted by Gasteiger charge is -2.20. The summed E-state index contributed by atoms with van der Waals surface area (Å²) >= 11 is 0. The molecule has 0 radical (unpaired) electrons. The van der Waals surface area contributed by atoms with Crippen LogP contribution in [0.2, 0.25) is 0 Å². The number of ether oxygens (including phenoxy) is 1. The first-order valence-corrected chi connectivity index (χ1v) is 11.1. The topological polar surface area (TPSA) is 75.7 Å². The van der Waals surface area contributed by atoms with Gasteiger partial charge in [0.1, 0.15) is 11.6 Å². The molecule has 8 heteroatoms. The summed E-state index contributed by atoms with van der Waals surface area (Å²) in [6.07, 6.45) is 0. The van der Waals surface area contributed by atoms with E-state index in [1.54, 1.807) is 42.5 Å². The van der Waals surface area contributed by atoms with Crippen LogP contribution in [0.25, 0.3) is 0 Å². The number of hydrogen-bond acceptors (Lipinski definition) is 4. The van der Waals surface area contributed by atoms with Gasteiger partial charge in [-0.05, 0) is 49.4 Å². The zero-order valence-electron chi connectivity index (χ0n) is 17.2. The summed E-state index contributed by atoms with van der Waals surface area (Å²) in [4.78, 5) is 12.8. The number of amides is 1. The van der Waals surface area contributed by atoms with Crippen LogP contribution in [0, 0.1) is 5.82 Å². The van der Waals surface area contributed by atoms with Gasteiger partial charge in [0, 0.05) is 24.7 Å². The molecule has 0 aromatic heterocycles. The van der Waals surface area contributed by atoms with Gasteiger partial charge < -0.3 is 10.1 Å². The third-order valence-corrected chi connectivity index (χ3v) is 6.41. The van der Waals surface area contributed by atoms with Crippen LogP contribution in [0.3, 0.4) is 0 Å². The van der Waals surface area contributed by atoms with Crippen LogP contribution in [-0.2, 0) is 16.6 Å². The summed E-state index contributed by atoms with van der Waals surface area (Å²) in [6.45, 7) is 2.18. The van der Waals surface area contributed by atoms with Crippen molar-refractivity contribution in [3.8, 4) is 5.75 Å². The third-order valence-electron chi connectivity index (χ3n) is 4.59. The molecule has 0 aliphatic carbocycles.